The van der Waals surface area contributed by atoms with Gasteiger partial charge in [0.2, 0.25) is 0 Å². The van der Waals surface area contributed by atoms with E-state index in [1.54, 1.807) is 6.33 Å². The summed E-state index contributed by atoms with van der Waals surface area (Å²) in [5.41, 5.74) is 0. The Morgan fingerprint density at radius 2 is 1.90 bits per heavy atom. The van der Waals surface area contributed by atoms with Gasteiger partial charge in [0, 0.05) is 44.8 Å². The van der Waals surface area contributed by atoms with Crippen molar-refractivity contribution in [2.45, 2.75) is 38.6 Å². The first-order valence-corrected chi connectivity index (χ1v) is 7.91. The number of hydrogen-bond acceptors (Lipinski definition) is 5. The summed E-state index contributed by atoms with van der Waals surface area (Å²) in [6.07, 6.45) is 7.30. The van der Waals surface area contributed by atoms with Crippen molar-refractivity contribution in [1.82, 2.24) is 14.9 Å². The van der Waals surface area contributed by atoms with Crippen molar-refractivity contribution in [1.29, 1.82) is 0 Å². The van der Waals surface area contributed by atoms with Crippen molar-refractivity contribution in [3.8, 4) is 0 Å². The zero-order valence-electron chi connectivity index (χ0n) is 12.4. The van der Waals surface area contributed by atoms with E-state index in [1.165, 1.54) is 38.8 Å². The quantitative estimate of drug-likeness (QED) is 0.910. The number of rotatable bonds is 4. The fourth-order valence-electron chi connectivity index (χ4n) is 3.38. The lowest BCUT2D eigenvalue weighted by molar-refractivity contribution is 0.187. The van der Waals surface area contributed by atoms with Gasteiger partial charge < -0.3 is 10.2 Å². The predicted molar refractivity (Wildman–Crippen MR) is 82.2 cm³/mol. The minimum atomic E-state index is 0.847. The number of nitrogens with one attached hydrogen (secondary N) is 1. The zero-order valence-corrected chi connectivity index (χ0v) is 12.4. The maximum atomic E-state index is 4.42. The molecule has 2 aliphatic rings. The smallest absolute Gasteiger partial charge is 0.134 e. The fourth-order valence-corrected chi connectivity index (χ4v) is 3.38. The summed E-state index contributed by atoms with van der Waals surface area (Å²) in [4.78, 5) is 13.7. The summed E-state index contributed by atoms with van der Waals surface area (Å²) in [7, 11) is 0. The van der Waals surface area contributed by atoms with Crippen LogP contribution in [0.4, 0.5) is 11.6 Å². The van der Waals surface area contributed by atoms with E-state index in [2.05, 4.69) is 38.1 Å². The van der Waals surface area contributed by atoms with Crippen LogP contribution in [0.5, 0.6) is 0 Å². The Bertz CT molecular complexity index is 422. The third kappa shape index (κ3) is 3.03. The summed E-state index contributed by atoms with van der Waals surface area (Å²) in [5, 5.41) is 3.25. The molecule has 1 saturated carbocycles. The molecule has 1 N–H and O–H groups in total. The molecule has 2 heterocycles. The van der Waals surface area contributed by atoms with Gasteiger partial charge in [0.15, 0.2) is 0 Å². The third-order valence-corrected chi connectivity index (χ3v) is 4.49. The zero-order chi connectivity index (χ0) is 13.8. The molecule has 1 aliphatic heterocycles. The van der Waals surface area contributed by atoms with Crippen LogP contribution in [0, 0.1) is 0 Å². The van der Waals surface area contributed by atoms with Gasteiger partial charge in [0.25, 0.3) is 0 Å². The van der Waals surface area contributed by atoms with E-state index in [1.807, 2.05) is 0 Å². The van der Waals surface area contributed by atoms with Gasteiger partial charge >= 0.3 is 0 Å². The number of piperazine rings is 1. The molecular weight excluding hydrogens is 250 g/mol. The lowest BCUT2D eigenvalue weighted by atomic mass is 10.2. The lowest BCUT2D eigenvalue weighted by Crippen LogP contribution is -2.50. The van der Waals surface area contributed by atoms with E-state index in [9.17, 15) is 0 Å². The van der Waals surface area contributed by atoms with Gasteiger partial charge in [-0.15, -0.1) is 0 Å². The van der Waals surface area contributed by atoms with Crippen LogP contribution in [0.3, 0.4) is 0 Å². The molecule has 3 rings (SSSR count). The second-order valence-corrected chi connectivity index (χ2v) is 5.75. The topological polar surface area (TPSA) is 44.3 Å². The molecule has 0 unspecified atom stereocenters. The molecule has 1 aliphatic carbocycles. The van der Waals surface area contributed by atoms with Gasteiger partial charge in [-0.3, -0.25) is 4.90 Å². The normalized spacial score (nSPS) is 21.4. The summed E-state index contributed by atoms with van der Waals surface area (Å²) in [6, 6.07) is 2.91. The number of nitrogens with zero attached hydrogens (tertiary/aromatic N) is 4. The molecule has 0 spiro atoms. The monoisotopic (exact) mass is 275 g/mol. The molecule has 0 atom stereocenters. The van der Waals surface area contributed by atoms with Gasteiger partial charge in [-0.05, 0) is 19.8 Å². The standard InChI is InChI=1S/C15H25N5/c1-2-16-14-11-15(18-12-17-14)20-9-7-19(8-10-20)13-5-3-4-6-13/h11-13H,2-10H2,1H3,(H,16,17,18). The summed E-state index contributed by atoms with van der Waals surface area (Å²) in [5.74, 6) is 1.98. The number of anilines is 2. The molecule has 0 aromatic carbocycles. The first kappa shape index (κ1) is 13.6. The van der Waals surface area contributed by atoms with Gasteiger partial charge in [-0.2, -0.15) is 0 Å². The van der Waals surface area contributed by atoms with Crippen LogP contribution in [0.15, 0.2) is 12.4 Å². The maximum Gasteiger partial charge on any atom is 0.134 e. The second-order valence-electron chi connectivity index (χ2n) is 5.75. The number of hydrogen-bond donors (Lipinski definition) is 1. The first-order chi connectivity index (χ1) is 9.86. The number of aromatic nitrogens is 2. The highest BCUT2D eigenvalue weighted by atomic mass is 15.3. The highest BCUT2D eigenvalue weighted by Crippen LogP contribution is 2.25. The van der Waals surface area contributed by atoms with Crippen LogP contribution < -0.4 is 10.2 Å². The Morgan fingerprint density at radius 3 is 2.60 bits per heavy atom. The minimum Gasteiger partial charge on any atom is -0.370 e. The Hall–Kier alpha value is -1.36. The molecule has 5 heteroatoms. The van der Waals surface area contributed by atoms with Gasteiger partial charge in [0.1, 0.15) is 18.0 Å². The Kier molecular flexibility index (Phi) is 4.35. The highest BCUT2D eigenvalue weighted by Gasteiger charge is 2.26. The molecule has 5 nitrogen and oxygen atoms in total. The van der Waals surface area contributed by atoms with E-state index < -0.39 is 0 Å². The van der Waals surface area contributed by atoms with E-state index in [0.717, 1.165) is 37.3 Å². The van der Waals surface area contributed by atoms with Crippen LogP contribution in [-0.2, 0) is 0 Å². The molecule has 2 fully saturated rings. The Morgan fingerprint density at radius 1 is 1.15 bits per heavy atom. The van der Waals surface area contributed by atoms with Crippen LogP contribution >= 0.6 is 0 Å². The summed E-state index contributed by atoms with van der Waals surface area (Å²) in [6.45, 7) is 7.49. The van der Waals surface area contributed by atoms with E-state index in [4.69, 9.17) is 0 Å². The molecule has 0 radical (unpaired) electrons. The van der Waals surface area contributed by atoms with Crippen LogP contribution in [0.25, 0.3) is 0 Å². The molecule has 20 heavy (non-hydrogen) atoms. The molecular formula is C15H25N5. The van der Waals surface area contributed by atoms with E-state index in [-0.39, 0.29) is 0 Å². The summed E-state index contributed by atoms with van der Waals surface area (Å²) >= 11 is 0. The largest absolute Gasteiger partial charge is 0.370 e. The van der Waals surface area contributed by atoms with Gasteiger partial charge in [-0.1, -0.05) is 12.8 Å². The second kappa shape index (κ2) is 6.39. The average molecular weight is 275 g/mol. The van der Waals surface area contributed by atoms with E-state index in [0.29, 0.717) is 0 Å². The SMILES string of the molecule is CCNc1cc(N2CCN(C3CCCC3)CC2)ncn1. The van der Waals surface area contributed by atoms with Gasteiger partial charge in [0.05, 0.1) is 0 Å². The van der Waals surface area contributed by atoms with Crippen molar-refractivity contribution >= 4 is 11.6 Å². The Labute approximate surface area is 121 Å². The fraction of sp³-hybridized carbons (Fsp3) is 0.733. The Balaban J connectivity index is 1.58. The van der Waals surface area contributed by atoms with Crippen LogP contribution in [0.2, 0.25) is 0 Å². The molecule has 110 valence electrons. The first-order valence-electron chi connectivity index (χ1n) is 7.91. The van der Waals surface area contributed by atoms with Crippen molar-refractivity contribution in [3.63, 3.8) is 0 Å². The van der Waals surface area contributed by atoms with Gasteiger partial charge in [-0.25, -0.2) is 9.97 Å². The lowest BCUT2D eigenvalue weighted by Gasteiger charge is -2.38. The van der Waals surface area contributed by atoms with E-state index >= 15 is 0 Å². The molecule has 1 aromatic heterocycles. The van der Waals surface area contributed by atoms with Crippen molar-refractivity contribution < 1.29 is 0 Å². The molecule has 1 aromatic rings. The van der Waals surface area contributed by atoms with Crippen LogP contribution in [0.1, 0.15) is 32.6 Å². The highest BCUT2D eigenvalue weighted by molar-refractivity contribution is 5.48. The molecule has 0 bridgehead atoms. The summed E-state index contributed by atoms with van der Waals surface area (Å²) < 4.78 is 0. The van der Waals surface area contributed by atoms with Crippen molar-refractivity contribution in [2.24, 2.45) is 0 Å². The van der Waals surface area contributed by atoms with Crippen molar-refractivity contribution in [3.05, 3.63) is 12.4 Å². The van der Waals surface area contributed by atoms with Crippen molar-refractivity contribution in [2.75, 3.05) is 42.9 Å². The minimum absolute atomic E-state index is 0.847. The predicted octanol–water partition coefficient (Wildman–Crippen LogP) is 1.97. The van der Waals surface area contributed by atoms with Crippen LogP contribution in [-0.4, -0.2) is 53.6 Å². The third-order valence-electron chi connectivity index (χ3n) is 4.49. The maximum absolute atomic E-state index is 4.42. The molecule has 0 amide bonds. The average Bonchev–Trinajstić information content (AvgIpc) is 3.02. The molecule has 1 saturated heterocycles.